The van der Waals surface area contributed by atoms with Gasteiger partial charge in [-0.1, -0.05) is 41.4 Å². The topological polar surface area (TPSA) is 74.0 Å². The SMILES string of the molecule is O=C(Nc1nn(Cc2c(F)cccc2Cl)cc1Br)c1ccnn1COc1ccccc1Cl. The first-order valence-corrected chi connectivity index (χ1v) is 10.8. The van der Waals surface area contributed by atoms with Crippen molar-refractivity contribution in [2.24, 2.45) is 0 Å². The summed E-state index contributed by atoms with van der Waals surface area (Å²) in [5.74, 6) is -0.135. The second kappa shape index (κ2) is 9.72. The van der Waals surface area contributed by atoms with Crippen molar-refractivity contribution in [1.82, 2.24) is 19.6 Å². The van der Waals surface area contributed by atoms with Gasteiger partial charge in [0.25, 0.3) is 5.91 Å². The van der Waals surface area contributed by atoms with Crippen LogP contribution in [0.3, 0.4) is 0 Å². The number of carbonyl (C=O) groups excluding carboxylic acids is 1. The van der Waals surface area contributed by atoms with Crippen molar-refractivity contribution in [2.45, 2.75) is 13.3 Å². The number of hydrogen-bond acceptors (Lipinski definition) is 4. The molecule has 4 rings (SSSR count). The van der Waals surface area contributed by atoms with E-state index in [4.69, 9.17) is 27.9 Å². The van der Waals surface area contributed by atoms with Crippen LogP contribution >= 0.6 is 39.1 Å². The Morgan fingerprint density at radius 1 is 1.12 bits per heavy atom. The van der Waals surface area contributed by atoms with Crippen LogP contribution in [0, 0.1) is 5.82 Å². The molecule has 1 amide bonds. The van der Waals surface area contributed by atoms with Crippen LogP contribution in [0.5, 0.6) is 5.75 Å². The quantitative estimate of drug-likeness (QED) is 0.331. The summed E-state index contributed by atoms with van der Waals surface area (Å²) in [6.45, 7) is 0.0878. The molecule has 0 aliphatic carbocycles. The highest BCUT2D eigenvalue weighted by molar-refractivity contribution is 9.10. The molecule has 164 valence electrons. The number of para-hydroxylation sites is 1. The molecule has 4 aromatic rings. The maximum absolute atomic E-state index is 14.1. The summed E-state index contributed by atoms with van der Waals surface area (Å²) >= 11 is 15.5. The van der Waals surface area contributed by atoms with E-state index in [9.17, 15) is 9.18 Å². The molecule has 0 aliphatic heterocycles. The van der Waals surface area contributed by atoms with E-state index in [1.807, 2.05) is 0 Å². The molecule has 2 heterocycles. The van der Waals surface area contributed by atoms with Crippen molar-refractivity contribution in [3.05, 3.63) is 92.5 Å². The molecule has 0 saturated carbocycles. The number of rotatable bonds is 7. The molecule has 32 heavy (non-hydrogen) atoms. The fourth-order valence-electron chi connectivity index (χ4n) is 2.90. The Kier molecular flexibility index (Phi) is 6.78. The lowest BCUT2D eigenvalue weighted by molar-refractivity contribution is 0.100. The monoisotopic (exact) mass is 537 g/mol. The third-order valence-corrected chi connectivity index (χ3v) is 5.71. The Hall–Kier alpha value is -2.88. The van der Waals surface area contributed by atoms with E-state index in [0.29, 0.717) is 25.8 Å². The lowest BCUT2D eigenvalue weighted by Crippen LogP contribution is -2.20. The molecule has 0 unspecified atom stereocenters. The van der Waals surface area contributed by atoms with Crippen molar-refractivity contribution in [1.29, 1.82) is 0 Å². The zero-order chi connectivity index (χ0) is 22.7. The van der Waals surface area contributed by atoms with Crippen LogP contribution in [0.4, 0.5) is 10.2 Å². The Labute approximate surface area is 200 Å². The first kappa shape index (κ1) is 22.3. The van der Waals surface area contributed by atoms with Gasteiger partial charge in [0.15, 0.2) is 12.5 Å². The van der Waals surface area contributed by atoms with Gasteiger partial charge in [0.2, 0.25) is 0 Å². The van der Waals surface area contributed by atoms with Gasteiger partial charge in [0.05, 0.1) is 16.0 Å². The van der Waals surface area contributed by atoms with Gasteiger partial charge in [-0.2, -0.15) is 10.2 Å². The zero-order valence-corrected chi connectivity index (χ0v) is 19.4. The third-order valence-electron chi connectivity index (χ3n) is 4.46. The zero-order valence-electron chi connectivity index (χ0n) is 16.3. The summed E-state index contributed by atoms with van der Waals surface area (Å²) in [6, 6.07) is 13.0. The van der Waals surface area contributed by atoms with Gasteiger partial charge in [-0.15, -0.1) is 0 Å². The Morgan fingerprint density at radius 3 is 2.69 bits per heavy atom. The number of aromatic nitrogens is 4. The minimum Gasteiger partial charge on any atom is -0.470 e. The standard InChI is InChI=1S/C21H15BrCl2FN5O2/c22-14-11-29(10-13-15(23)5-3-6-17(13)25)28-20(14)27-21(31)18-8-9-26-30(18)12-32-19-7-2-1-4-16(19)24/h1-9,11H,10,12H2,(H,27,28,31). The summed E-state index contributed by atoms with van der Waals surface area (Å²) in [4.78, 5) is 12.8. The fourth-order valence-corrected chi connectivity index (χ4v) is 3.73. The number of halogens is 4. The molecule has 7 nitrogen and oxygen atoms in total. The predicted molar refractivity (Wildman–Crippen MR) is 123 cm³/mol. The molecular formula is C21H15BrCl2FN5O2. The van der Waals surface area contributed by atoms with Crippen molar-refractivity contribution < 1.29 is 13.9 Å². The van der Waals surface area contributed by atoms with Gasteiger partial charge in [0.1, 0.15) is 17.3 Å². The van der Waals surface area contributed by atoms with Crippen LogP contribution in [0.25, 0.3) is 0 Å². The van der Waals surface area contributed by atoms with Gasteiger partial charge in [-0.3, -0.25) is 9.48 Å². The predicted octanol–water partition coefficient (Wildman–Crippen LogP) is 5.63. The number of hydrogen-bond donors (Lipinski definition) is 1. The summed E-state index contributed by atoms with van der Waals surface area (Å²) in [5.41, 5.74) is 0.562. The molecule has 0 aliphatic rings. The Bertz CT molecular complexity index is 1260. The number of nitrogens with one attached hydrogen (secondary N) is 1. The van der Waals surface area contributed by atoms with Gasteiger partial charge < -0.3 is 10.1 Å². The van der Waals surface area contributed by atoms with Crippen LogP contribution in [-0.2, 0) is 13.3 Å². The van der Waals surface area contributed by atoms with Gasteiger partial charge >= 0.3 is 0 Å². The highest BCUT2D eigenvalue weighted by Crippen LogP contribution is 2.25. The summed E-state index contributed by atoms with van der Waals surface area (Å²) in [6.07, 6.45) is 3.11. The first-order chi connectivity index (χ1) is 15.4. The first-order valence-electron chi connectivity index (χ1n) is 9.28. The minimum atomic E-state index is -0.444. The third kappa shape index (κ3) is 4.95. The summed E-state index contributed by atoms with van der Waals surface area (Å²) in [5, 5.41) is 11.9. The van der Waals surface area contributed by atoms with Crippen LogP contribution < -0.4 is 10.1 Å². The number of benzene rings is 2. The van der Waals surface area contributed by atoms with Crippen LogP contribution in [-0.4, -0.2) is 25.5 Å². The van der Waals surface area contributed by atoms with E-state index >= 15 is 0 Å². The van der Waals surface area contributed by atoms with E-state index in [0.717, 1.165) is 0 Å². The van der Waals surface area contributed by atoms with Crippen molar-refractivity contribution in [2.75, 3.05) is 5.32 Å². The largest absolute Gasteiger partial charge is 0.470 e. The number of carbonyl (C=O) groups is 1. The number of anilines is 1. The molecule has 2 aromatic heterocycles. The number of nitrogens with zero attached hydrogens (tertiary/aromatic N) is 4. The van der Waals surface area contributed by atoms with Gasteiger partial charge in [-0.25, -0.2) is 9.07 Å². The van der Waals surface area contributed by atoms with Gasteiger partial charge in [0, 0.05) is 23.0 Å². The van der Waals surface area contributed by atoms with Crippen LogP contribution in [0.1, 0.15) is 16.1 Å². The molecule has 0 spiro atoms. The second-order valence-electron chi connectivity index (χ2n) is 6.60. The van der Waals surface area contributed by atoms with Crippen LogP contribution in [0.15, 0.2) is 65.4 Å². The highest BCUT2D eigenvalue weighted by Gasteiger charge is 2.17. The normalized spacial score (nSPS) is 10.9. The maximum Gasteiger partial charge on any atom is 0.275 e. The molecule has 11 heteroatoms. The molecule has 1 N–H and O–H groups in total. The maximum atomic E-state index is 14.1. The van der Waals surface area contributed by atoms with E-state index in [-0.39, 0.29) is 24.8 Å². The molecule has 0 bridgehead atoms. The molecule has 0 fully saturated rings. The smallest absolute Gasteiger partial charge is 0.275 e. The minimum absolute atomic E-state index is 0.0130. The van der Waals surface area contributed by atoms with Crippen molar-refractivity contribution in [3.8, 4) is 5.75 Å². The summed E-state index contributed by atoms with van der Waals surface area (Å²) in [7, 11) is 0. The lowest BCUT2D eigenvalue weighted by Gasteiger charge is -2.10. The highest BCUT2D eigenvalue weighted by atomic mass is 79.9. The van der Waals surface area contributed by atoms with Crippen molar-refractivity contribution >= 4 is 50.9 Å². The second-order valence-corrected chi connectivity index (χ2v) is 8.27. The fraction of sp³-hybridized carbons (Fsp3) is 0.0952. The average Bonchev–Trinajstić information content (AvgIpc) is 3.37. The van der Waals surface area contributed by atoms with Crippen molar-refractivity contribution in [3.63, 3.8) is 0 Å². The Balaban J connectivity index is 1.46. The molecule has 0 saturated heterocycles. The Morgan fingerprint density at radius 2 is 1.91 bits per heavy atom. The summed E-state index contributed by atoms with van der Waals surface area (Å²) < 4.78 is 23.1. The van der Waals surface area contributed by atoms with Crippen LogP contribution in [0.2, 0.25) is 10.0 Å². The lowest BCUT2D eigenvalue weighted by atomic mass is 10.2. The van der Waals surface area contributed by atoms with Gasteiger partial charge in [-0.05, 0) is 46.3 Å². The molecule has 2 aromatic carbocycles. The average molecular weight is 539 g/mol. The van der Waals surface area contributed by atoms with E-state index in [1.54, 1.807) is 42.6 Å². The van der Waals surface area contributed by atoms with E-state index < -0.39 is 11.7 Å². The molecule has 0 radical (unpaired) electrons. The molecule has 0 atom stereocenters. The number of amides is 1. The molecular weight excluding hydrogens is 524 g/mol. The van der Waals surface area contributed by atoms with E-state index in [1.165, 1.54) is 27.7 Å². The van der Waals surface area contributed by atoms with E-state index in [2.05, 4.69) is 31.4 Å². The number of ether oxygens (including phenoxy) is 1.